The van der Waals surface area contributed by atoms with Gasteiger partial charge in [-0.1, -0.05) is 32.0 Å². The Hall–Kier alpha value is -2.38. The number of carbonyl (C=O) groups is 1. The molecule has 1 N–H and O–H groups in total. The molecule has 7 heteroatoms. The molecular weight excluding hydrogens is 514 g/mol. The number of nitrogens with zero attached hydrogens (tertiary/aromatic N) is 4. The van der Waals surface area contributed by atoms with Crippen LogP contribution in [0.1, 0.15) is 43.7 Å². The van der Waals surface area contributed by atoms with Crippen molar-refractivity contribution in [3.05, 3.63) is 58.3 Å². The molecule has 6 nitrogen and oxygen atoms in total. The fourth-order valence-electron chi connectivity index (χ4n) is 6.66. The number of aromatic amines is 1. The number of piperazine rings is 1. The molecule has 0 radical (unpaired) electrons. The molecule has 3 aromatic rings. The molecule has 0 bridgehead atoms. The summed E-state index contributed by atoms with van der Waals surface area (Å²) in [5, 5.41) is 1.38. The Kier molecular flexibility index (Phi) is 6.54. The lowest BCUT2D eigenvalue weighted by atomic mass is 9.72. The summed E-state index contributed by atoms with van der Waals surface area (Å²) in [6.07, 6.45) is 5.00. The second-order valence-corrected chi connectivity index (χ2v) is 12.0. The highest BCUT2D eigenvalue weighted by Crippen LogP contribution is 2.47. The Morgan fingerprint density at radius 1 is 1.14 bits per heavy atom. The summed E-state index contributed by atoms with van der Waals surface area (Å²) in [6.45, 7) is 9.77. The summed E-state index contributed by atoms with van der Waals surface area (Å²) in [6, 6.07) is 13.2. The average Bonchev–Trinajstić information content (AvgIpc) is 3.23. The van der Waals surface area contributed by atoms with Crippen LogP contribution in [0.5, 0.6) is 0 Å². The number of hydrogen-bond acceptors (Lipinski definition) is 4. The lowest BCUT2D eigenvalue weighted by molar-refractivity contribution is -0.138. The molecule has 0 spiro atoms. The molecule has 1 amide bonds. The number of H-pyrrole nitrogens is 1. The largest absolute Gasteiger partial charge is 0.353 e. The molecule has 0 unspecified atom stereocenters. The smallest absolute Gasteiger partial charge is 0.227 e. The number of aromatic nitrogens is 2. The van der Waals surface area contributed by atoms with E-state index in [9.17, 15) is 4.79 Å². The van der Waals surface area contributed by atoms with E-state index in [0.29, 0.717) is 23.8 Å². The van der Waals surface area contributed by atoms with Crippen LogP contribution in [-0.2, 0) is 11.2 Å². The number of fused-ring (bicyclic) bond motifs is 2. The Morgan fingerprint density at radius 3 is 2.72 bits per heavy atom. The first-order valence-corrected chi connectivity index (χ1v) is 14.3. The Morgan fingerprint density at radius 2 is 1.97 bits per heavy atom. The monoisotopic (exact) mass is 549 g/mol. The molecule has 0 saturated carbocycles. The number of likely N-dealkylation sites (tertiary alicyclic amines) is 1. The number of nitrogens with one attached hydrogen (secondary N) is 1. The molecule has 2 saturated heterocycles. The third-order valence-corrected chi connectivity index (χ3v) is 9.23. The summed E-state index contributed by atoms with van der Waals surface area (Å²) in [4.78, 5) is 29.0. The lowest BCUT2D eigenvalue weighted by Crippen LogP contribution is -2.56. The zero-order valence-corrected chi connectivity index (χ0v) is 22.9. The van der Waals surface area contributed by atoms with Crippen molar-refractivity contribution in [3.8, 4) is 0 Å². The third-order valence-electron chi connectivity index (χ3n) is 8.55. The maximum absolute atomic E-state index is 13.9. The molecule has 2 aromatic heterocycles. The van der Waals surface area contributed by atoms with E-state index in [0.717, 1.165) is 69.0 Å². The van der Waals surface area contributed by atoms with Gasteiger partial charge in [0.2, 0.25) is 5.91 Å². The molecular formula is C29H36BrN5O. The predicted octanol–water partition coefficient (Wildman–Crippen LogP) is 5.05. The van der Waals surface area contributed by atoms with Crippen LogP contribution in [-0.4, -0.2) is 71.0 Å². The fraction of sp³-hybridized carbons (Fsp3) is 0.517. The number of carbonyl (C=O) groups excluding carboxylic acids is 1. The highest BCUT2D eigenvalue weighted by atomic mass is 79.9. The van der Waals surface area contributed by atoms with Gasteiger partial charge in [0, 0.05) is 61.8 Å². The van der Waals surface area contributed by atoms with Crippen LogP contribution in [0.2, 0.25) is 0 Å². The first kappa shape index (κ1) is 24.0. The van der Waals surface area contributed by atoms with Crippen molar-refractivity contribution in [2.75, 3.05) is 44.2 Å². The van der Waals surface area contributed by atoms with E-state index in [1.165, 1.54) is 22.0 Å². The van der Waals surface area contributed by atoms with Crippen molar-refractivity contribution >= 4 is 38.6 Å². The predicted molar refractivity (Wildman–Crippen MR) is 148 cm³/mol. The van der Waals surface area contributed by atoms with E-state index in [1.54, 1.807) is 0 Å². The van der Waals surface area contributed by atoms with Gasteiger partial charge in [-0.25, -0.2) is 4.98 Å². The quantitative estimate of drug-likeness (QED) is 0.483. The Labute approximate surface area is 222 Å². The van der Waals surface area contributed by atoms with E-state index in [4.69, 9.17) is 0 Å². The van der Waals surface area contributed by atoms with Gasteiger partial charge in [0.05, 0.1) is 10.5 Å². The maximum atomic E-state index is 13.9. The van der Waals surface area contributed by atoms with E-state index in [-0.39, 0.29) is 5.92 Å². The van der Waals surface area contributed by atoms with Gasteiger partial charge in [-0.15, -0.1) is 0 Å². The minimum atomic E-state index is 0.0546. The molecule has 3 atom stereocenters. The minimum absolute atomic E-state index is 0.0546. The summed E-state index contributed by atoms with van der Waals surface area (Å²) in [5.74, 6) is 2.46. The van der Waals surface area contributed by atoms with Gasteiger partial charge in [-0.3, -0.25) is 9.69 Å². The molecule has 6 rings (SSSR count). The summed E-state index contributed by atoms with van der Waals surface area (Å²) >= 11 is 3.80. The third kappa shape index (κ3) is 4.34. The SMILES string of the molecule is CC(C)CCN1C[C@H](C(=O)N2CCN(c3ccccn3)CC2)C[C@@H]2c3cccc4[nH]c(Br)c(c34)C[C@H]21. The number of benzene rings is 1. The Bertz CT molecular complexity index is 1230. The van der Waals surface area contributed by atoms with Crippen molar-refractivity contribution < 1.29 is 4.79 Å². The van der Waals surface area contributed by atoms with Crippen molar-refractivity contribution in [2.45, 2.75) is 45.1 Å². The molecule has 36 heavy (non-hydrogen) atoms. The van der Waals surface area contributed by atoms with Gasteiger partial charge in [0.1, 0.15) is 5.82 Å². The van der Waals surface area contributed by atoms with Crippen LogP contribution in [0.4, 0.5) is 5.82 Å². The number of anilines is 1. The second kappa shape index (κ2) is 9.82. The fourth-order valence-corrected chi connectivity index (χ4v) is 7.23. The van der Waals surface area contributed by atoms with Crippen LogP contribution in [0.3, 0.4) is 0 Å². The molecule has 2 fully saturated rings. The number of hydrogen-bond donors (Lipinski definition) is 1. The molecule has 1 aromatic carbocycles. The van der Waals surface area contributed by atoms with Gasteiger partial charge in [0.15, 0.2) is 0 Å². The number of piperidine rings is 1. The van der Waals surface area contributed by atoms with E-state index in [1.807, 2.05) is 18.3 Å². The Balaban J connectivity index is 1.24. The number of halogens is 1. The highest BCUT2D eigenvalue weighted by molar-refractivity contribution is 9.10. The summed E-state index contributed by atoms with van der Waals surface area (Å²) in [7, 11) is 0. The van der Waals surface area contributed by atoms with Crippen LogP contribution in [0.25, 0.3) is 10.9 Å². The topological polar surface area (TPSA) is 55.5 Å². The van der Waals surface area contributed by atoms with Gasteiger partial charge < -0.3 is 14.8 Å². The zero-order chi connectivity index (χ0) is 24.8. The first-order chi connectivity index (χ1) is 17.5. The zero-order valence-electron chi connectivity index (χ0n) is 21.3. The van der Waals surface area contributed by atoms with Crippen molar-refractivity contribution in [1.29, 1.82) is 0 Å². The summed E-state index contributed by atoms with van der Waals surface area (Å²) in [5.41, 5.74) is 4.04. The number of amides is 1. The normalized spacial score (nSPS) is 24.4. The van der Waals surface area contributed by atoms with Gasteiger partial charge >= 0.3 is 0 Å². The summed E-state index contributed by atoms with van der Waals surface area (Å²) < 4.78 is 1.12. The maximum Gasteiger partial charge on any atom is 0.227 e. The van der Waals surface area contributed by atoms with Gasteiger partial charge in [-0.2, -0.15) is 0 Å². The van der Waals surface area contributed by atoms with E-state index in [2.05, 4.69) is 78.7 Å². The first-order valence-electron chi connectivity index (χ1n) is 13.5. The second-order valence-electron chi connectivity index (χ2n) is 11.2. The average molecular weight is 551 g/mol. The van der Waals surface area contributed by atoms with Crippen LogP contribution in [0, 0.1) is 11.8 Å². The molecule has 2 aliphatic heterocycles. The molecule has 3 aliphatic rings. The van der Waals surface area contributed by atoms with Crippen molar-refractivity contribution in [1.82, 2.24) is 19.8 Å². The standard InChI is InChI=1S/C29H36BrN5O/c1-19(2)9-11-35-18-20(29(36)34-14-12-33(13-15-34)26-8-3-4-10-31-26)16-22-21-6-5-7-24-27(21)23(17-25(22)35)28(30)32-24/h3-8,10,19-20,22,25,32H,9,11-18H2,1-2H3/t20-,22-,25-/m1/s1. The van der Waals surface area contributed by atoms with Crippen molar-refractivity contribution in [3.63, 3.8) is 0 Å². The minimum Gasteiger partial charge on any atom is -0.353 e. The van der Waals surface area contributed by atoms with E-state index >= 15 is 0 Å². The van der Waals surface area contributed by atoms with Gasteiger partial charge in [0.25, 0.3) is 0 Å². The molecule has 190 valence electrons. The van der Waals surface area contributed by atoms with E-state index < -0.39 is 0 Å². The molecule has 4 heterocycles. The molecule has 1 aliphatic carbocycles. The van der Waals surface area contributed by atoms with Gasteiger partial charge in [-0.05, 0) is 77.0 Å². The lowest BCUT2D eigenvalue weighted by Gasteiger charge is -2.48. The number of pyridine rings is 1. The van der Waals surface area contributed by atoms with Crippen LogP contribution >= 0.6 is 15.9 Å². The van der Waals surface area contributed by atoms with Crippen LogP contribution < -0.4 is 4.90 Å². The van der Waals surface area contributed by atoms with Crippen LogP contribution in [0.15, 0.2) is 47.2 Å². The van der Waals surface area contributed by atoms with Crippen molar-refractivity contribution in [2.24, 2.45) is 11.8 Å². The number of rotatable bonds is 5. The highest BCUT2D eigenvalue weighted by Gasteiger charge is 2.44.